The first kappa shape index (κ1) is 22.4. The first-order chi connectivity index (χ1) is 16.4. The summed E-state index contributed by atoms with van der Waals surface area (Å²) in [7, 11) is 3.83. The van der Waals surface area contributed by atoms with Crippen molar-refractivity contribution in [3.8, 4) is 16.9 Å². The third-order valence-corrected chi connectivity index (χ3v) is 6.32. The zero-order valence-corrected chi connectivity index (χ0v) is 20.2. The molecule has 3 heterocycles. The van der Waals surface area contributed by atoms with Crippen molar-refractivity contribution in [3.05, 3.63) is 76.5 Å². The molecule has 6 nitrogen and oxygen atoms in total. The van der Waals surface area contributed by atoms with E-state index in [9.17, 15) is 4.79 Å². The maximum Gasteiger partial charge on any atom is 0.232 e. The lowest BCUT2D eigenvalue weighted by Crippen LogP contribution is -2.27. The van der Waals surface area contributed by atoms with Gasteiger partial charge in [-0.2, -0.15) is 0 Å². The number of rotatable bonds is 4. The van der Waals surface area contributed by atoms with Gasteiger partial charge in [-0.25, -0.2) is 0 Å². The van der Waals surface area contributed by atoms with Crippen LogP contribution in [0, 0.1) is 0 Å². The molecular weight excluding hydrogens is 471 g/mol. The summed E-state index contributed by atoms with van der Waals surface area (Å²) in [5.74, 6) is 0.353. The third-order valence-electron chi connectivity index (χ3n) is 5.88. The standard InChI is InChI=1S/C26H22Cl2N4O2/c1-32(2)25-21(31-26(33)20-8-10-34-22-6-4-3-5-19(20)22)14-30-23-18(7-9-29-24(23)25)15-11-16(27)13-17(28)12-15/h3-7,9,11-14,20H,8,10H2,1-2H3,(H,31,33)/t20-/m1/s1. The highest BCUT2D eigenvalue weighted by molar-refractivity contribution is 6.35. The van der Waals surface area contributed by atoms with Crippen LogP contribution in [-0.4, -0.2) is 36.6 Å². The molecule has 0 saturated carbocycles. The second-order valence-corrected chi connectivity index (χ2v) is 9.22. The van der Waals surface area contributed by atoms with E-state index < -0.39 is 0 Å². The number of pyridine rings is 2. The second-order valence-electron chi connectivity index (χ2n) is 8.35. The number of carbonyl (C=O) groups excluding carboxylic acids is 1. The molecule has 0 radical (unpaired) electrons. The number of benzene rings is 2. The lowest BCUT2D eigenvalue weighted by molar-refractivity contribution is -0.118. The lowest BCUT2D eigenvalue weighted by atomic mass is 9.92. The van der Waals surface area contributed by atoms with Crippen LogP contribution in [0.5, 0.6) is 5.75 Å². The summed E-state index contributed by atoms with van der Waals surface area (Å²) in [5, 5.41) is 4.18. The van der Waals surface area contributed by atoms with Crippen LogP contribution in [0.3, 0.4) is 0 Å². The van der Waals surface area contributed by atoms with Crippen molar-refractivity contribution >= 4 is 51.5 Å². The quantitative estimate of drug-likeness (QED) is 0.368. The molecule has 5 rings (SSSR count). The maximum atomic E-state index is 13.3. The van der Waals surface area contributed by atoms with Crippen molar-refractivity contribution < 1.29 is 9.53 Å². The Labute approximate surface area is 207 Å². The molecule has 1 aliphatic heterocycles. The summed E-state index contributed by atoms with van der Waals surface area (Å²) in [6, 6.07) is 14.9. The summed E-state index contributed by atoms with van der Waals surface area (Å²) in [4.78, 5) is 24.6. The van der Waals surface area contributed by atoms with Crippen LogP contribution in [0.15, 0.2) is 60.9 Å². The predicted octanol–water partition coefficient (Wildman–Crippen LogP) is 6.17. The topological polar surface area (TPSA) is 67.4 Å². The van der Waals surface area contributed by atoms with Gasteiger partial charge in [-0.1, -0.05) is 41.4 Å². The van der Waals surface area contributed by atoms with Crippen LogP contribution in [0.4, 0.5) is 11.4 Å². The van der Waals surface area contributed by atoms with Gasteiger partial charge in [-0.05, 0) is 42.3 Å². The van der Waals surface area contributed by atoms with Crippen molar-refractivity contribution in [1.29, 1.82) is 0 Å². The fourth-order valence-electron chi connectivity index (χ4n) is 4.40. The number of hydrogen-bond donors (Lipinski definition) is 1. The van der Waals surface area contributed by atoms with E-state index in [-0.39, 0.29) is 11.8 Å². The second kappa shape index (κ2) is 9.12. The number of aromatic nitrogens is 2. The number of nitrogens with zero attached hydrogens (tertiary/aromatic N) is 3. The Morgan fingerprint density at radius 2 is 1.82 bits per heavy atom. The van der Waals surface area contributed by atoms with Gasteiger partial charge in [-0.15, -0.1) is 0 Å². The molecule has 0 aliphatic carbocycles. The van der Waals surface area contributed by atoms with E-state index >= 15 is 0 Å². The van der Waals surface area contributed by atoms with Crippen molar-refractivity contribution in [2.75, 3.05) is 30.9 Å². The van der Waals surface area contributed by atoms with Gasteiger partial charge < -0.3 is 15.0 Å². The number of fused-ring (bicyclic) bond motifs is 2. The van der Waals surface area contributed by atoms with Gasteiger partial charge in [-0.3, -0.25) is 14.8 Å². The molecule has 1 aliphatic rings. The molecular formula is C26H22Cl2N4O2. The number of hydrogen-bond acceptors (Lipinski definition) is 5. The normalized spacial score (nSPS) is 14.9. The number of anilines is 2. The highest BCUT2D eigenvalue weighted by Crippen LogP contribution is 2.38. The Hall–Kier alpha value is -3.35. The average molecular weight is 493 g/mol. The van der Waals surface area contributed by atoms with Gasteiger partial charge in [0.25, 0.3) is 0 Å². The van der Waals surface area contributed by atoms with Crippen LogP contribution in [0.2, 0.25) is 10.0 Å². The SMILES string of the molecule is CN(C)c1c(NC(=O)[C@@H]2CCOc3ccccc32)cnc2c(-c3cc(Cl)cc(Cl)c3)ccnc12. The lowest BCUT2D eigenvalue weighted by Gasteiger charge is -2.26. The highest BCUT2D eigenvalue weighted by atomic mass is 35.5. The minimum atomic E-state index is -0.302. The molecule has 0 saturated heterocycles. The molecule has 34 heavy (non-hydrogen) atoms. The van der Waals surface area contributed by atoms with Crippen molar-refractivity contribution in [1.82, 2.24) is 9.97 Å². The molecule has 1 amide bonds. The molecule has 2 aromatic heterocycles. The van der Waals surface area contributed by atoms with Crippen molar-refractivity contribution in [2.24, 2.45) is 0 Å². The molecule has 2 aromatic carbocycles. The van der Waals surface area contributed by atoms with Gasteiger partial charge in [0.05, 0.1) is 35.6 Å². The molecule has 0 bridgehead atoms. The number of nitrogens with one attached hydrogen (secondary N) is 1. The number of carbonyl (C=O) groups is 1. The fourth-order valence-corrected chi connectivity index (χ4v) is 4.92. The molecule has 0 unspecified atom stereocenters. The maximum absolute atomic E-state index is 13.3. The van der Waals surface area contributed by atoms with Gasteiger partial charge in [0, 0.05) is 41.5 Å². The van der Waals surface area contributed by atoms with E-state index in [4.69, 9.17) is 27.9 Å². The van der Waals surface area contributed by atoms with E-state index in [1.807, 2.05) is 61.5 Å². The van der Waals surface area contributed by atoms with Gasteiger partial charge in [0.15, 0.2) is 0 Å². The number of halogens is 2. The van der Waals surface area contributed by atoms with E-state index in [2.05, 4.69) is 15.3 Å². The average Bonchev–Trinajstić information content (AvgIpc) is 2.82. The molecule has 1 atom stereocenters. The number of para-hydroxylation sites is 1. The van der Waals surface area contributed by atoms with Crippen molar-refractivity contribution in [2.45, 2.75) is 12.3 Å². The van der Waals surface area contributed by atoms with Crippen LogP contribution >= 0.6 is 23.2 Å². The summed E-state index contributed by atoms with van der Waals surface area (Å²) < 4.78 is 5.72. The first-order valence-corrected chi connectivity index (χ1v) is 11.6. The molecule has 8 heteroatoms. The van der Waals surface area contributed by atoms with Crippen LogP contribution in [-0.2, 0) is 4.79 Å². The van der Waals surface area contributed by atoms with E-state index in [0.717, 1.165) is 28.1 Å². The summed E-state index contributed by atoms with van der Waals surface area (Å²) in [6.45, 7) is 0.499. The Morgan fingerprint density at radius 1 is 1.06 bits per heavy atom. The van der Waals surface area contributed by atoms with Gasteiger partial charge >= 0.3 is 0 Å². The fraction of sp³-hybridized carbons (Fsp3) is 0.192. The smallest absolute Gasteiger partial charge is 0.232 e. The zero-order chi connectivity index (χ0) is 23.8. The summed E-state index contributed by atoms with van der Waals surface area (Å²) in [5.41, 5.74) is 5.33. The van der Waals surface area contributed by atoms with E-state index in [1.165, 1.54) is 0 Å². The molecule has 0 spiro atoms. The number of amides is 1. The zero-order valence-electron chi connectivity index (χ0n) is 18.7. The highest BCUT2D eigenvalue weighted by Gasteiger charge is 2.28. The number of ether oxygens (including phenoxy) is 1. The van der Waals surface area contributed by atoms with Gasteiger partial charge in [0.2, 0.25) is 5.91 Å². The Morgan fingerprint density at radius 3 is 2.59 bits per heavy atom. The predicted molar refractivity (Wildman–Crippen MR) is 137 cm³/mol. The van der Waals surface area contributed by atoms with E-state index in [0.29, 0.717) is 39.8 Å². The summed E-state index contributed by atoms with van der Waals surface area (Å²) in [6.07, 6.45) is 4.01. The Balaban J connectivity index is 1.57. The molecule has 4 aromatic rings. The van der Waals surface area contributed by atoms with E-state index in [1.54, 1.807) is 18.5 Å². The monoisotopic (exact) mass is 492 g/mol. The first-order valence-electron chi connectivity index (χ1n) is 10.9. The Bertz CT molecular complexity index is 1390. The Kier molecular flexibility index (Phi) is 6.02. The molecule has 172 valence electrons. The summed E-state index contributed by atoms with van der Waals surface area (Å²) >= 11 is 12.5. The van der Waals surface area contributed by atoms with Crippen LogP contribution in [0.25, 0.3) is 22.2 Å². The van der Waals surface area contributed by atoms with Crippen molar-refractivity contribution in [3.63, 3.8) is 0 Å². The largest absolute Gasteiger partial charge is 0.493 e. The van der Waals surface area contributed by atoms with Crippen LogP contribution in [0.1, 0.15) is 17.9 Å². The van der Waals surface area contributed by atoms with Gasteiger partial charge in [0.1, 0.15) is 11.3 Å². The third kappa shape index (κ3) is 4.15. The van der Waals surface area contributed by atoms with Crippen LogP contribution < -0.4 is 15.0 Å². The minimum Gasteiger partial charge on any atom is -0.493 e. The molecule has 0 fully saturated rings. The minimum absolute atomic E-state index is 0.0993. The molecule has 1 N–H and O–H groups in total.